The summed E-state index contributed by atoms with van der Waals surface area (Å²) in [4.78, 5) is 93.3. The van der Waals surface area contributed by atoms with E-state index in [0.717, 1.165) is 77.0 Å². The Bertz CT molecular complexity index is 2350. The molecule has 4 aromatic carbocycles. The SMILES string of the molecule is CCCCCCCCOC(=O)c1cccc(CC)c1C(=O)[O-].CCCCCCCCOC(=O)c1cccc(CC)c1C(=O)[O-].CCCCCCCCOC(=O)c1cccc(CC)c1C(=O)[O-].CCCCCCCCOC(=O)c1cccc(CC)c1C(=O)[O-].[Sn+4]. The number of ether oxygens (including phenoxy) is 4. The summed E-state index contributed by atoms with van der Waals surface area (Å²) in [5, 5.41) is 45.1. The van der Waals surface area contributed by atoms with Gasteiger partial charge < -0.3 is 58.6 Å². The molecule has 0 heterocycles. The van der Waals surface area contributed by atoms with Crippen molar-refractivity contribution in [3.8, 4) is 0 Å². The van der Waals surface area contributed by atoms with E-state index in [9.17, 15) is 58.8 Å². The Morgan fingerprint density at radius 2 is 0.438 bits per heavy atom. The molecule has 4 aromatic rings. The Morgan fingerprint density at radius 3 is 0.596 bits per heavy atom. The van der Waals surface area contributed by atoms with E-state index in [1.54, 1.807) is 48.5 Å². The number of hydrogen-bond acceptors (Lipinski definition) is 16. The number of carbonyl (C=O) groups is 8. The molecule has 488 valence electrons. The zero-order valence-corrected chi connectivity index (χ0v) is 57.4. The van der Waals surface area contributed by atoms with Gasteiger partial charge in [-0.25, -0.2) is 19.2 Å². The Morgan fingerprint density at radius 1 is 0.270 bits per heavy atom. The van der Waals surface area contributed by atoms with Crippen LogP contribution in [0.15, 0.2) is 72.8 Å². The van der Waals surface area contributed by atoms with Gasteiger partial charge >= 0.3 is 47.8 Å². The number of benzene rings is 4. The Labute approximate surface area is 547 Å². The van der Waals surface area contributed by atoms with Gasteiger partial charge in [-0.15, -0.1) is 0 Å². The third-order valence-electron chi connectivity index (χ3n) is 14.7. The molecule has 0 spiro atoms. The molecule has 0 amide bonds. The van der Waals surface area contributed by atoms with E-state index in [-0.39, 0.29) is 68.4 Å². The van der Waals surface area contributed by atoms with Gasteiger partial charge in [-0.3, -0.25) is 0 Å². The summed E-state index contributed by atoms with van der Waals surface area (Å²) in [6, 6.07) is 19.4. The first-order valence-corrected chi connectivity index (χ1v) is 32.5. The average Bonchev–Trinajstić information content (AvgIpc) is 3.01. The van der Waals surface area contributed by atoms with Crippen LogP contribution >= 0.6 is 0 Å². The Balaban J connectivity index is 0.00000116. The van der Waals surface area contributed by atoms with Crippen LogP contribution in [-0.4, -0.2) is 98.1 Å². The minimum absolute atomic E-state index is 0. The van der Waals surface area contributed by atoms with Crippen LogP contribution < -0.4 is 20.4 Å². The second kappa shape index (κ2) is 51.2. The topological polar surface area (TPSA) is 266 Å². The number of hydrogen-bond donors (Lipinski definition) is 0. The molecule has 0 saturated heterocycles. The third kappa shape index (κ3) is 32.7. The van der Waals surface area contributed by atoms with Crippen LogP contribution in [0.3, 0.4) is 0 Å². The molecular weight excluding hydrogens is 1240 g/mol. The number of esters is 4. The zero-order chi connectivity index (χ0) is 65.5. The first kappa shape index (κ1) is 82.4. The average molecular weight is 1340 g/mol. The molecule has 89 heavy (non-hydrogen) atoms. The number of carboxylic acids is 4. The van der Waals surface area contributed by atoms with Crippen molar-refractivity contribution in [2.75, 3.05) is 26.4 Å². The van der Waals surface area contributed by atoms with E-state index in [2.05, 4.69) is 27.7 Å². The molecule has 0 unspecified atom stereocenters. The molecule has 4 rings (SSSR count). The maximum Gasteiger partial charge on any atom is 4.00 e. The van der Waals surface area contributed by atoms with Gasteiger partial charge in [0.1, 0.15) is 0 Å². The number of carbonyl (C=O) groups excluding carboxylic acids is 8. The molecule has 0 bridgehead atoms. The molecule has 0 radical (unpaired) electrons. The summed E-state index contributed by atoms with van der Waals surface area (Å²) in [5.41, 5.74) is 2.55. The van der Waals surface area contributed by atoms with Crippen LogP contribution in [0.5, 0.6) is 0 Å². The Hall–Kier alpha value is -6.56. The molecule has 0 aliphatic rings. The predicted molar refractivity (Wildman–Crippen MR) is 341 cm³/mol. The van der Waals surface area contributed by atoms with Gasteiger partial charge in [-0.1, -0.05) is 232 Å². The molecule has 0 aromatic heterocycles. The largest absolute Gasteiger partial charge is 4.00 e. The molecule has 0 aliphatic heterocycles. The van der Waals surface area contributed by atoms with Gasteiger partial charge in [0.2, 0.25) is 0 Å². The molecular formula is C72H100O16Sn. The van der Waals surface area contributed by atoms with Gasteiger partial charge in [0, 0.05) is 22.3 Å². The van der Waals surface area contributed by atoms with Crippen LogP contribution in [0.25, 0.3) is 0 Å². The van der Waals surface area contributed by atoms with E-state index < -0.39 is 47.8 Å². The van der Waals surface area contributed by atoms with Crippen LogP contribution in [0.1, 0.15) is 315 Å². The van der Waals surface area contributed by atoms with Crippen molar-refractivity contribution in [1.29, 1.82) is 0 Å². The van der Waals surface area contributed by atoms with Gasteiger partial charge in [0.15, 0.2) is 0 Å². The number of aromatic carboxylic acids is 4. The first-order valence-electron chi connectivity index (χ1n) is 32.5. The summed E-state index contributed by atoms with van der Waals surface area (Å²) in [6.45, 7) is 17.3. The van der Waals surface area contributed by atoms with Crippen molar-refractivity contribution in [3.05, 3.63) is 140 Å². The summed E-state index contributed by atoms with van der Waals surface area (Å²) in [7, 11) is 0. The van der Waals surface area contributed by atoms with E-state index in [1.165, 1.54) is 101 Å². The standard InChI is InChI=1S/4C18H26O4.Sn/c4*1-3-5-6-7-8-9-13-22-18(21)15-12-10-11-14(4-2)16(15)17(19)20;/h4*10-12H,3-9,13H2,1-2H3,(H,19,20);/q;;;;+4/p-4. The van der Waals surface area contributed by atoms with Crippen molar-refractivity contribution in [2.24, 2.45) is 0 Å². The van der Waals surface area contributed by atoms with Crippen LogP contribution in [0, 0.1) is 0 Å². The van der Waals surface area contributed by atoms with Crippen LogP contribution in [0.4, 0.5) is 0 Å². The second-order valence-electron chi connectivity index (χ2n) is 21.5. The molecule has 16 nitrogen and oxygen atoms in total. The van der Waals surface area contributed by atoms with Gasteiger partial charge in [0.05, 0.1) is 72.6 Å². The van der Waals surface area contributed by atoms with Gasteiger partial charge in [0.25, 0.3) is 0 Å². The van der Waals surface area contributed by atoms with Crippen molar-refractivity contribution in [1.82, 2.24) is 0 Å². The fourth-order valence-electron chi connectivity index (χ4n) is 9.72. The summed E-state index contributed by atoms with van der Waals surface area (Å²) >= 11 is 0. The van der Waals surface area contributed by atoms with E-state index >= 15 is 0 Å². The summed E-state index contributed by atoms with van der Waals surface area (Å²) < 4.78 is 20.8. The second-order valence-corrected chi connectivity index (χ2v) is 21.5. The molecule has 0 saturated carbocycles. The van der Waals surface area contributed by atoms with Gasteiger partial charge in [-0.05, 0) is 97.9 Å². The minimum atomic E-state index is -1.33. The number of rotatable bonds is 40. The molecule has 0 atom stereocenters. The van der Waals surface area contributed by atoms with Crippen LogP contribution in [-0.2, 0) is 44.6 Å². The molecule has 0 N–H and O–H groups in total. The number of unbranched alkanes of at least 4 members (excludes halogenated alkanes) is 20. The molecule has 17 heteroatoms. The molecule has 0 aliphatic carbocycles. The van der Waals surface area contributed by atoms with E-state index in [0.29, 0.717) is 74.4 Å². The normalized spacial score (nSPS) is 10.3. The van der Waals surface area contributed by atoms with Crippen LogP contribution in [0.2, 0.25) is 0 Å². The maximum atomic E-state index is 12.1. The van der Waals surface area contributed by atoms with Crippen molar-refractivity contribution < 1.29 is 77.7 Å². The molecule has 0 fully saturated rings. The first-order chi connectivity index (χ1) is 42.5. The fourth-order valence-corrected chi connectivity index (χ4v) is 9.72. The summed E-state index contributed by atoms with van der Waals surface area (Å²) in [6.07, 6.45) is 28.6. The predicted octanol–water partition coefficient (Wildman–Crippen LogP) is 12.1. The minimum Gasteiger partial charge on any atom is -0.545 e. The van der Waals surface area contributed by atoms with Crippen molar-refractivity contribution in [3.63, 3.8) is 0 Å². The van der Waals surface area contributed by atoms with E-state index in [1.807, 2.05) is 27.7 Å². The smallest absolute Gasteiger partial charge is 0.545 e. The number of aryl methyl sites for hydroxylation is 4. The Kier molecular flexibility index (Phi) is 47.4. The monoisotopic (exact) mass is 1340 g/mol. The zero-order valence-electron chi connectivity index (χ0n) is 54.6. The third-order valence-corrected chi connectivity index (χ3v) is 14.7. The van der Waals surface area contributed by atoms with Crippen molar-refractivity contribution >= 4 is 71.7 Å². The van der Waals surface area contributed by atoms with Gasteiger partial charge in [-0.2, -0.15) is 0 Å². The van der Waals surface area contributed by atoms with E-state index in [4.69, 9.17) is 18.9 Å². The van der Waals surface area contributed by atoms with Crippen molar-refractivity contribution in [2.45, 2.75) is 235 Å². The maximum absolute atomic E-state index is 12.1. The fraction of sp³-hybridized carbons (Fsp3) is 0.556. The number of carboxylic acid groups (broad SMARTS) is 4. The quantitative estimate of drug-likeness (QED) is 0.0173. The summed E-state index contributed by atoms with van der Waals surface area (Å²) in [5.74, 6) is -7.64.